The van der Waals surface area contributed by atoms with E-state index in [-0.39, 0.29) is 6.03 Å². The van der Waals surface area contributed by atoms with Gasteiger partial charge in [-0.2, -0.15) is 0 Å². The average molecular weight is 454 g/mol. The zero-order valence-electron chi connectivity index (χ0n) is 19.6. The fourth-order valence-electron chi connectivity index (χ4n) is 3.39. The standard InChI is InChI=1S/C26H27N7O/c1-16-12-13-27-23(14-16)33-25-15-24(28-19(4)29-25)30-20-8-10-21(11-9-20)31-26(34)32-22-7-5-6-17(2)18(22)3/h5-15H,1-4H3,(H2,31,32,34)(H2,27,28,29,30,33). The molecule has 4 aromatic rings. The van der Waals surface area contributed by atoms with Crippen molar-refractivity contribution in [2.75, 3.05) is 21.3 Å². The van der Waals surface area contributed by atoms with Crippen LogP contribution in [0, 0.1) is 27.7 Å². The number of carbonyl (C=O) groups is 1. The van der Waals surface area contributed by atoms with E-state index in [0.717, 1.165) is 33.9 Å². The van der Waals surface area contributed by atoms with Gasteiger partial charge in [0.25, 0.3) is 0 Å². The molecule has 0 spiro atoms. The van der Waals surface area contributed by atoms with E-state index in [4.69, 9.17) is 0 Å². The van der Waals surface area contributed by atoms with Gasteiger partial charge < -0.3 is 21.3 Å². The third kappa shape index (κ3) is 5.86. The predicted octanol–water partition coefficient (Wildman–Crippen LogP) is 6.24. The molecule has 2 aromatic heterocycles. The Balaban J connectivity index is 1.40. The number of urea groups is 1. The van der Waals surface area contributed by atoms with Gasteiger partial charge in [-0.3, -0.25) is 0 Å². The van der Waals surface area contributed by atoms with E-state index < -0.39 is 0 Å². The van der Waals surface area contributed by atoms with E-state index >= 15 is 0 Å². The molecule has 0 fully saturated rings. The van der Waals surface area contributed by atoms with E-state index in [0.29, 0.717) is 23.1 Å². The number of nitrogens with zero attached hydrogens (tertiary/aromatic N) is 3. The van der Waals surface area contributed by atoms with Crippen molar-refractivity contribution >= 4 is 40.5 Å². The summed E-state index contributed by atoms with van der Waals surface area (Å²) in [4.78, 5) is 25.6. The maximum absolute atomic E-state index is 12.4. The van der Waals surface area contributed by atoms with Crippen molar-refractivity contribution in [3.05, 3.63) is 89.4 Å². The summed E-state index contributed by atoms with van der Waals surface area (Å²) in [7, 11) is 0. The van der Waals surface area contributed by atoms with Crippen LogP contribution in [0.1, 0.15) is 22.5 Å². The minimum Gasteiger partial charge on any atom is -0.340 e. The lowest BCUT2D eigenvalue weighted by molar-refractivity contribution is 0.262. The highest BCUT2D eigenvalue weighted by molar-refractivity contribution is 6.00. The summed E-state index contributed by atoms with van der Waals surface area (Å²) in [6.07, 6.45) is 1.75. The molecule has 2 aromatic carbocycles. The maximum atomic E-state index is 12.4. The number of aromatic nitrogens is 3. The molecule has 2 amide bonds. The van der Waals surface area contributed by atoms with Crippen LogP contribution in [0.4, 0.5) is 39.3 Å². The van der Waals surface area contributed by atoms with Crippen molar-refractivity contribution < 1.29 is 4.79 Å². The summed E-state index contributed by atoms with van der Waals surface area (Å²) in [6.45, 7) is 7.85. The molecule has 172 valence electrons. The Morgan fingerprint density at radius 3 is 2.18 bits per heavy atom. The smallest absolute Gasteiger partial charge is 0.323 e. The Labute approximate surface area is 198 Å². The van der Waals surface area contributed by atoms with Crippen molar-refractivity contribution in [1.82, 2.24) is 15.0 Å². The highest BCUT2D eigenvalue weighted by Gasteiger charge is 2.07. The van der Waals surface area contributed by atoms with Crippen molar-refractivity contribution in [1.29, 1.82) is 0 Å². The zero-order valence-corrected chi connectivity index (χ0v) is 19.6. The van der Waals surface area contributed by atoms with Crippen LogP contribution in [0.2, 0.25) is 0 Å². The Morgan fingerprint density at radius 1 is 0.735 bits per heavy atom. The van der Waals surface area contributed by atoms with Gasteiger partial charge in [-0.1, -0.05) is 12.1 Å². The SMILES string of the molecule is Cc1ccnc(Nc2cc(Nc3ccc(NC(=O)Nc4cccc(C)c4C)cc3)nc(C)n2)c1. The highest BCUT2D eigenvalue weighted by Crippen LogP contribution is 2.22. The van der Waals surface area contributed by atoms with E-state index in [1.54, 1.807) is 6.20 Å². The number of hydrogen-bond donors (Lipinski definition) is 4. The Morgan fingerprint density at radius 2 is 1.44 bits per heavy atom. The van der Waals surface area contributed by atoms with Gasteiger partial charge in [0.1, 0.15) is 23.3 Å². The molecule has 0 saturated heterocycles. The van der Waals surface area contributed by atoms with Crippen molar-refractivity contribution in [2.45, 2.75) is 27.7 Å². The molecule has 2 heterocycles. The second kappa shape index (κ2) is 9.99. The van der Waals surface area contributed by atoms with Gasteiger partial charge in [-0.05, 0) is 86.8 Å². The van der Waals surface area contributed by atoms with Gasteiger partial charge in [-0.15, -0.1) is 0 Å². The first-order valence-electron chi connectivity index (χ1n) is 10.9. The van der Waals surface area contributed by atoms with Crippen LogP contribution >= 0.6 is 0 Å². The summed E-state index contributed by atoms with van der Waals surface area (Å²) in [5, 5.41) is 12.2. The van der Waals surface area contributed by atoms with Crippen LogP contribution in [-0.4, -0.2) is 21.0 Å². The highest BCUT2D eigenvalue weighted by atomic mass is 16.2. The molecular weight excluding hydrogens is 426 g/mol. The number of aryl methyl sites for hydroxylation is 3. The zero-order chi connectivity index (χ0) is 24.1. The number of rotatable bonds is 6. The van der Waals surface area contributed by atoms with Crippen LogP contribution < -0.4 is 21.3 Å². The number of carbonyl (C=O) groups excluding carboxylic acids is 1. The normalized spacial score (nSPS) is 10.5. The molecule has 0 bridgehead atoms. The molecule has 0 saturated carbocycles. The lowest BCUT2D eigenvalue weighted by atomic mass is 10.1. The summed E-state index contributed by atoms with van der Waals surface area (Å²) >= 11 is 0. The molecule has 0 unspecified atom stereocenters. The molecular formula is C26H27N7O. The molecule has 8 nitrogen and oxygen atoms in total. The number of nitrogens with one attached hydrogen (secondary N) is 4. The molecule has 0 radical (unpaired) electrons. The van der Waals surface area contributed by atoms with E-state index in [2.05, 4.69) is 36.2 Å². The van der Waals surface area contributed by atoms with E-state index in [1.807, 2.05) is 88.4 Å². The van der Waals surface area contributed by atoms with E-state index in [1.165, 1.54) is 0 Å². The molecule has 8 heteroatoms. The molecule has 0 atom stereocenters. The van der Waals surface area contributed by atoms with Gasteiger partial charge >= 0.3 is 6.03 Å². The van der Waals surface area contributed by atoms with Crippen LogP contribution in [-0.2, 0) is 0 Å². The van der Waals surface area contributed by atoms with Crippen molar-refractivity contribution in [3.63, 3.8) is 0 Å². The minimum absolute atomic E-state index is 0.290. The Bertz CT molecular complexity index is 1320. The van der Waals surface area contributed by atoms with Crippen molar-refractivity contribution in [2.24, 2.45) is 0 Å². The first-order valence-corrected chi connectivity index (χ1v) is 10.9. The minimum atomic E-state index is -0.290. The lowest BCUT2D eigenvalue weighted by Gasteiger charge is -2.12. The predicted molar refractivity (Wildman–Crippen MR) is 137 cm³/mol. The molecule has 4 N–H and O–H groups in total. The molecule has 4 rings (SSSR count). The number of hydrogen-bond acceptors (Lipinski definition) is 6. The monoisotopic (exact) mass is 453 g/mol. The topological polar surface area (TPSA) is 104 Å². The number of amides is 2. The van der Waals surface area contributed by atoms with Crippen LogP contribution in [0.3, 0.4) is 0 Å². The Hall–Kier alpha value is -4.46. The third-order valence-corrected chi connectivity index (χ3v) is 5.28. The van der Waals surface area contributed by atoms with Gasteiger partial charge in [0.05, 0.1) is 0 Å². The largest absolute Gasteiger partial charge is 0.340 e. The van der Waals surface area contributed by atoms with Crippen molar-refractivity contribution in [3.8, 4) is 0 Å². The van der Waals surface area contributed by atoms with Gasteiger partial charge in [0, 0.05) is 29.3 Å². The summed E-state index contributed by atoms with van der Waals surface area (Å²) in [6, 6.07) is 18.7. The van der Waals surface area contributed by atoms with Crippen LogP contribution in [0.25, 0.3) is 0 Å². The molecule has 0 aliphatic rings. The summed E-state index contributed by atoms with van der Waals surface area (Å²) in [5.41, 5.74) is 5.59. The van der Waals surface area contributed by atoms with Crippen LogP contribution in [0.15, 0.2) is 66.9 Å². The fraction of sp³-hybridized carbons (Fsp3) is 0.154. The lowest BCUT2D eigenvalue weighted by Crippen LogP contribution is -2.20. The van der Waals surface area contributed by atoms with Crippen LogP contribution in [0.5, 0.6) is 0 Å². The second-order valence-electron chi connectivity index (χ2n) is 8.06. The average Bonchev–Trinajstić information content (AvgIpc) is 2.78. The number of pyridine rings is 1. The summed E-state index contributed by atoms with van der Waals surface area (Å²) in [5.74, 6) is 2.64. The number of benzene rings is 2. The molecule has 0 aliphatic heterocycles. The molecule has 0 aliphatic carbocycles. The second-order valence-corrected chi connectivity index (χ2v) is 8.06. The van der Waals surface area contributed by atoms with Gasteiger partial charge in [0.2, 0.25) is 0 Å². The first-order chi connectivity index (χ1) is 16.4. The van der Waals surface area contributed by atoms with E-state index in [9.17, 15) is 4.79 Å². The summed E-state index contributed by atoms with van der Waals surface area (Å²) < 4.78 is 0. The third-order valence-electron chi connectivity index (χ3n) is 5.28. The maximum Gasteiger partial charge on any atom is 0.323 e. The number of anilines is 6. The Kier molecular flexibility index (Phi) is 6.68. The van der Waals surface area contributed by atoms with Gasteiger partial charge in [0.15, 0.2) is 0 Å². The quantitative estimate of drug-likeness (QED) is 0.276. The fourth-order valence-corrected chi connectivity index (χ4v) is 3.39. The molecule has 34 heavy (non-hydrogen) atoms. The van der Waals surface area contributed by atoms with Gasteiger partial charge in [-0.25, -0.2) is 19.7 Å². The first kappa shape index (κ1) is 22.7.